The van der Waals surface area contributed by atoms with Crippen LogP contribution in [0.1, 0.15) is 20.8 Å². The van der Waals surface area contributed by atoms with Crippen LogP contribution in [0.15, 0.2) is 12.2 Å². The summed E-state index contributed by atoms with van der Waals surface area (Å²) < 4.78 is 9.96. The van der Waals surface area contributed by atoms with Crippen LogP contribution in [0.25, 0.3) is 0 Å². The van der Waals surface area contributed by atoms with Crippen molar-refractivity contribution in [1.82, 2.24) is 0 Å². The molecule has 1 saturated heterocycles. The number of hydrogen-bond donors (Lipinski definition) is 0. The van der Waals surface area contributed by atoms with Gasteiger partial charge in [-0.3, -0.25) is 0 Å². The number of thioether (sulfide) groups is 2. The van der Waals surface area contributed by atoms with E-state index in [9.17, 15) is 9.59 Å². The molecular formula is C12H18O4S2. The number of esters is 2. The van der Waals surface area contributed by atoms with Gasteiger partial charge in [-0.1, -0.05) is 20.4 Å². The first kappa shape index (κ1) is 15.4. The van der Waals surface area contributed by atoms with Gasteiger partial charge in [-0.05, 0) is 6.92 Å². The molecular weight excluding hydrogens is 272 g/mol. The highest BCUT2D eigenvalue weighted by atomic mass is 32.2. The van der Waals surface area contributed by atoms with Crippen molar-refractivity contribution >= 4 is 35.5 Å². The van der Waals surface area contributed by atoms with E-state index in [4.69, 9.17) is 9.47 Å². The van der Waals surface area contributed by atoms with Crippen LogP contribution in [0.4, 0.5) is 0 Å². The molecule has 0 aromatic rings. The molecule has 0 aromatic heterocycles. The highest BCUT2D eigenvalue weighted by Gasteiger charge is 2.28. The van der Waals surface area contributed by atoms with Crippen molar-refractivity contribution in [2.24, 2.45) is 0 Å². The lowest BCUT2D eigenvalue weighted by molar-refractivity contribution is -0.157. The van der Waals surface area contributed by atoms with E-state index in [2.05, 4.69) is 20.4 Å². The van der Waals surface area contributed by atoms with Crippen molar-refractivity contribution in [3.05, 3.63) is 12.2 Å². The summed E-state index contributed by atoms with van der Waals surface area (Å²) in [7, 11) is 0. The van der Waals surface area contributed by atoms with Gasteiger partial charge in [0, 0.05) is 21.8 Å². The van der Waals surface area contributed by atoms with Crippen molar-refractivity contribution in [2.45, 2.75) is 36.7 Å². The zero-order valence-corrected chi connectivity index (χ0v) is 12.4. The molecule has 1 aliphatic heterocycles. The van der Waals surface area contributed by atoms with E-state index in [1.54, 1.807) is 23.5 Å². The van der Waals surface area contributed by atoms with Crippen LogP contribution in [0, 0.1) is 0 Å². The van der Waals surface area contributed by atoms with Gasteiger partial charge in [0.2, 0.25) is 0 Å². The highest BCUT2D eigenvalue weighted by Crippen LogP contribution is 2.36. The van der Waals surface area contributed by atoms with Crippen LogP contribution in [-0.2, 0) is 19.1 Å². The Labute approximate surface area is 116 Å². The Hall–Kier alpha value is -0.620. The van der Waals surface area contributed by atoms with Crippen molar-refractivity contribution < 1.29 is 19.1 Å². The molecule has 1 aliphatic rings. The molecule has 0 amide bonds. The fourth-order valence-electron chi connectivity index (χ4n) is 1.25. The van der Waals surface area contributed by atoms with Crippen LogP contribution in [0.5, 0.6) is 0 Å². The molecule has 3 atom stereocenters. The van der Waals surface area contributed by atoms with Crippen molar-refractivity contribution in [3.8, 4) is 0 Å². The molecule has 0 aromatic carbocycles. The SMILES string of the molecule is C=C(C)C(=O)OCC(=O)OC1CSC(C)C(C)S1. The first-order valence-electron chi connectivity index (χ1n) is 5.69. The predicted octanol–water partition coefficient (Wildman–Crippen LogP) is 2.23. The molecule has 1 fully saturated rings. The Bertz CT molecular complexity index is 343. The van der Waals surface area contributed by atoms with Crippen LogP contribution in [-0.4, -0.2) is 40.2 Å². The first-order valence-corrected chi connectivity index (χ1v) is 7.68. The third-order valence-corrected chi connectivity index (χ3v) is 5.67. The van der Waals surface area contributed by atoms with Gasteiger partial charge in [-0.15, -0.1) is 11.8 Å². The van der Waals surface area contributed by atoms with E-state index in [1.807, 2.05) is 0 Å². The minimum atomic E-state index is -0.570. The molecule has 1 heterocycles. The van der Waals surface area contributed by atoms with Gasteiger partial charge in [0.15, 0.2) is 12.0 Å². The van der Waals surface area contributed by atoms with Crippen LogP contribution in [0.2, 0.25) is 0 Å². The van der Waals surface area contributed by atoms with Crippen molar-refractivity contribution in [1.29, 1.82) is 0 Å². The zero-order chi connectivity index (χ0) is 13.7. The predicted molar refractivity (Wildman–Crippen MR) is 74.6 cm³/mol. The lowest BCUT2D eigenvalue weighted by atomic mass is 10.4. The number of hydrogen-bond acceptors (Lipinski definition) is 6. The molecule has 0 spiro atoms. The van der Waals surface area contributed by atoms with Gasteiger partial charge in [-0.25, -0.2) is 9.59 Å². The lowest BCUT2D eigenvalue weighted by Crippen LogP contribution is -2.31. The number of rotatable bonds is 4. The van der Waals surface area contributed by atoms with Gasteiger partial charge in [-0.2, -0.15) is 11.8 Å². The number of ether oxygens (including phenoxy) is 2. The Balaban J connectivity index is 2.28. The Morgan fingerprint density at radius 3 is 2.56 bits per heavy atom. The normalized spacial score (nSPS) is 27.4. The maximum Gasteiger partial charge on any atom is 0.345 e. The molecule has 0 bridgehead atoms. The highest BCUT2D eigenvalue weighted by molar-refractivity contribution is 8.07. The maximum absolute atomic E-state index is 11.5. The number of carbonyl (C=O) groups is 2. The second-order valence-corrected chi connectivity index (χ2v) is 7.11. The smallest absolute Gasteiger partial charge is 0.345 e. The lowest BCUT2D eigenvalue weighted by Gasteiger charge is -2.30. The van der Waals surface area contributed by atoms with Crippen LogP contribution in [0.3, 0.4) is 0 Å². The fourth-order valence-corrected chi connectivity index (χ4v) is 3.89. The van der Waals surface area contributed by atoms with E-state index in [1.165, 1.54) is 6.92 Å². The van der Waals surface area contributed by atoms with Crippen LogP contribution < -0.4 is 0 Å². The van der Waals surface area contributed by atoms with E-state index in [-0.39, 0.29) is 17.6 Å². The minimum absolute atomic E-state index is 0.155. The minimum Gasteiger partial charge on any atom is -0.450 e. The average molecular weight is 290 g/mol. The van der Waals surface area contributed by atoms with Gasteiger partial charge >= 0.3 is 11.9 Å². The van der Waals surface area contributed by atoms with Gasteiger partial charge in [0.1, 0.15) is 0 Å². The molecule has 3 unspecified atom stereocenters. The van der Waals surface area contributed by atoms with E-state index in [0.717, 1.165) is 5.75 Å². The molecule has 0 saturated carbocycles. The van der Waals surface area contributed by atoms with E-state index >= 15 is 0 Å². The second kappa shape index (κ2) is 7.09. The Morgan fingerprint density at radius 2 is 2.00 bits per heavy atom. The summed E-state index contributed by atoms with van der Waals surface area (Å²) in [6, 6.07) is 0. The molecule has 18 heavy (non-hydrogen) atoms. The standard InChI is InChI=1S/C12H18O4S2/c1-7(2)12(14)15-5-10(13)16-11-6-17-8(3)9(4)18-11/h8-9,11H,1,5-6H2,2-4H3. The summed E-state index contributed by atoms with van der Waals surface area (Å²) >= 11 is 3.43. The maximum atomic E-state index is 11.5. The molecule has 6 heteroatoms. The van der Waals surface area contributed by atoms with E-state index in [0.29, 0.717) is 10.5 Å². The average Bonchev–Trinajstić information content (AvgIpc) is 2.30. The monoisotopic (exact) mass is 290 g/mol. The number of carbonyl (C=O) groups excluding carboxylic acids is 2. The Morgan fingerprint density at radius 1 is 1.33 bits per heavy atom. The quantitative estimate of drug-likeness (QED) is 0.584. The summed E-state index contributed by atoms with van der Waals surface area (Å²) in [5.74, 6) is -0.305. The van der Waals surface area contributed by atoms with Crippen molar-refractivity contribution in [2.75, 3.05) is 12.4 Å². The van der Waals surface area contributed by atoms with Gasteiger partial charge in [0.25, 0.3) is 0 Å². The zero-order valence-electron chi connectivity index (χ0n) is 10.8. The molecule has 102 valence electrons. The van der Waals surface area contributed by atoms with E-state index < -0.39 is 11.9 Å². The summed E-state index contributed by atoms with van der Waals surface area (Å²) in [6.07, 6.45) is 0. The second-order valence-electron chi connectivity index (χ2n) is 4.16. The summed E-state index contributed by atoms with van der Waals surface area (Å²) in [5.41, 5.74) is 0.116. The van der Waals surface area contributed by atoms with Gasteiger partial charge < -0.3 is 9.47 Å². The molecule has 0 radical (unpaired) electrons. The fraction of sp³-hybridized carbons (Fsp3) is 0.667. The third-order valence-electron chi connectivity index (χ3n) is 2.46. The third kappa shape index (κ3) is 4.94. The largest absolute Gasteiger partial charge is 0.450 e. The van der Waals surface area contributed by atoms with Crippen molar-refractivity contribution in [3.63, 3.8) is 0 Å². The summed E-state index contributed by atoms with van der Waals surface area (Å²) in [6.45, 7) is 8.89. The summed E-state index contributed by atoms with van der Waals surface area (Å²) in [5, 5.41) is 1.01. The summed E-state index contributed by atoms with van der Waals surface area (Å²) in [4.78, 5) is 22.6. The molecule has 0 aliphatic carbocycles. The topological polar surface area (TPSA) is 52.6 Å². The first-order chi connectivity index (χ1) is 8.40. The molecule has 0 N–H and O–H groups in total. The molecule has 1 rings (SSSR count). The van der Waals surface area contributed by atoms with Crippen LogP contribution >= 0.6 is 23.5 Å². The van der Waals surface area contributed by atoms with Gasteiger partial charge in [0.05, 0.1) is 0 Å². The molecule has 4 nitrogen and oxygen atoms in total. The Kier molecular flexibility index (Phi) is 6.08.